The van der Waals surface area contributed by atoms with Crippen LogP contribution in [0, 0.1) is 18.3 Å². The number of aromatic nitrogens is 1. The molecule has 0 fully saturated rings. The number of hydrogen-bond acceptors (Lipinski definition) is 4. The van der Waals surface area contributed by atoms with E-state index in [1.165, 1.54) is 11.8 Å². The van der Waals surface area contributed by atoms with E-state index in [0.717, 1.165) is 0 Å². The van der Waals surface area contributed by atoms with E-state index in [-0.39, 0.29) is 11.1 Å². The van der Waals surface area contributed by atoms with Gasteiger partial charge in [0.1, 0.15) is 11.6 Å². The minimum absolute atomic E-state index is 0.115. The van der Waals surface area contributed by atoms with E-state index in [1.54, 1.807) is 43.3 Å². The van der Waals surface area contributed by atoms with E-state index >= 15 is 0 Å². The van der Waals surface area contributed by atoms with Gasteiger partial charge in [0.15, 0.2) is 0 Å². The largest absolute Gasteiger partial charge is 0.465 e. The summed E-state index contributed by atoms with van der Waals surface area (Å²) in [5, 5.41) is 12.4. The lowest BCUT2D eigenvalue weighted by Gasteiger charge is -2.14. The van der Waals surface area contributed by atoms with Gasteiger partial charge in [-0.25, -0.2) is 15.0 Å². The average molecular weight is 374 g/mol. The number of hydrogen-bond donors (Lipinski definition) is 2. The van der Waals surface area contributed by atoms with Gasteiger partial charge in [0.25, 0.3) is 0 Å². The number of rotatable bonds is 4. The number of ether oxygens (including phenoxy) is 1. The van der Waals surface area contributed by atoms with Crippen LogP contribution < -0.4 is 10.7 Å². The van der Waals surface area contributed by atoms with Crippen molar-refractivity contribution in [3.05, 3.63) is 77.5 Å². The van der Waals surface area contributed by atoms with Gasteiger partial charge in [-0.2, -0.15) is 5.26 Å². The second kappa shape index (κ2) is 8.10. The number of amides is 2. The molecule has 3 rings (SSSR count). The number of anilines is 1. The van der Waals surface area contributed by atoms with Crippen molar-refractivity contribution < 1.29 is 14.3 Å². The molecule has 2 amide bonds. The van der Waals surface area contributed by atoms with Crippen LogP contribution in [0.3, 0.4) is 0 Å². The fraction of sp³-hybridized carbons (Fsp3) is 0.0952. The lowest BCUT2D eigenvalue weighted by Crippen LogP contribution is -2.29. The molecule has 140 valence electrons. The Labute approximate surface area is 162 Å². The number of urea groups is 1. The predicted octanol–water partition coefficient (Wildman–Crippen LogP) is 3.90. The Balaban J connectivity index is 2.09. The standard InChI is InChI=1S/C21H18N4O3/c1-14-18(20(26)28-2)17(13-22)19(15-9-5-3-6-10-15)25(14)24-21(27)23-16-11-7-4-8-12-16/h3-12H,1-2H3,(H2,23,24,27). The van der Waals surface area contributed by atoms with Crippen LogP contribution >= 0.6 is 0 Å². The van der Waals surface area contributed by atoms with Crippen LogP contribution in [0.1, 0.15) is 21.6 Å². The highest BCUT2D eigenvalue weighted by molar-refractivity contribution is 5.99. The topological polar surface area (TPSA) is 96.2 Å². The lowest BCUT2D eigenvalue weighted by molar-refractivity contribution is 0.0599. The quantitative estimate of drug-likeness (QED) is 0.677. The van der Waals surface area contributed by atoms with Gasteiger partial charge < -0.3 is 10.1 Å². The second-order valence-corrected chi connectivity index (χ2v) is 5.92. The highest BCUT2D eigenvalue weighted by Gasteiger charge is 2.27. The van der Waals surface area contributed by atoms with Crippen LogP contribution in [0.2, 0.25) is 0 Å². The lowest BCUT2D eigenvalue weighted by atomic mass is 10.1. The second-order valence-electron chi connectivity index (χ2n) is 5.92. The maximum absolute atomic E-state index is 12.5. The fourth-order valence-electron chi connectivity index (χ4n) is 2.94. The maximum atomic E-state index is 12.5. The average Bonchev–Trinajstić information content (AvgIpc) is 3.00. The van der Waals surface area contributed by atoms with Gasteiger partial charge in [-0.3, -0.25) is 4.68 Å². The maximum Gasteiger partial charge on any atom is 0.341 e. The number of methoxy groups -OCH3 is 1. The summed E-state index contributed by atoms with van der Waals surface area (Å²) < 4.78 is 6.26. The number of carbonyl (C=O) groups excluding carboxylic acids is 2. The summed E-state index contributed by atoms with van der Waals surface area (Å²) >= 11 is 0. The van der Waals surface area contributed by atoms with Gasteiger partial charge in [-0.15, -0.1) is 0 Å². The van der Waals surface area contributed by atoms with Crippen LogP contribution in [-0.2, 0) is 4.74 Å². The molecule has 7 nitrogen and oxygen atoms in total. The first-order chi connectivity index (χ1) is 13.6. The normalized spacial score (nSPS) is 10.0. The summed E-state index contributed by atoms with van der Waals surface area (Å²) in [5.74, 6) is -0.643. The van der Waals surface area contributed by atoms with Gasteiger partial charge in [-0.1, -0.05) is 48.5 Å². The minimum Gasteiger partial charge on any atom is -0.465 e. The Morgan fingerprint density at radius 1 is 1.04 bits per heavy atom. The molecule has 0 radical (unpaired) electrons. The van der Waals surface area contributed by atoms with E-state index in [0.29, 0.717) is 22.6 Å². The van der Waals surface area contributed by atoms with Gasteiger partial charge in [0, 0.05) is 11.3 Å². The minimum atomic E-state index is -0.643. The first-order valence-electron chi connectivity index (χ1n) is 8.49. The van der Waals surface area contributed by atoms with Crippen molar-refractivity contribution in [1.29, 1.82) is 5.26 Å². The number of carbonyl (C=O) groups is 2. The van der Waals surface area contributed by atoms with Crippen LogP contribution in [0.25, 0.3) is 11.3 Å². The first kappa shape index (κ1) is 18.7. The molecule has 0 saturated heterocycles. The third-order valence-corrected chi connectivity index (χ3v) is 4.20. The summed E-state index contributed by atoms with van der Waals surface area (Å²) in [7, 11) is 1.25. The first-order valence-corrected chi connectivity index (χ1v) is 8.49. The molecule has 0 aliphatic heterocycles. The zero-order chi connectivity index (χ0) is 20.1. The number of nitriles is 1. The molecule has 0 saturated carbocycles. The third kappa shape index (κ3) is 3.57. The number of nitrogens with zero attached hydrogens (tertiary/aromatic N) is 2. The van der Waals surface area contributed by atoms with Crippen molar-refractivity contribution >= 4 is 17.7 Å². The monoisotopic (exact) mass is 374 g/mol. The smallest absolute Gasteiger partial charge is 0.341 e. The van der Waals surface area contributed by atoms with Crippen molar-refractivity contribution in [1.82, 2.24) is 4.68 Å². The number of esters is 1. The van der Waals surface area contributed by atoms with Crippen LogP contribution in [0.4, 0.5) is 10.5 Å². The predicted molar refractivity (Wildman–Crippen MR) is 105 cm³/mol. The van der Waals surface area contributed by atoms with Crippen molar-refractivity contribution in [2.75, 3.05) is 17.9 Å². The highest BCUT2D eigenvalue weighted by atomic mass is 16.5. The van der Waals surface area contributed by atoms with E-state index < -0.39 is 12.0 Å². The van der Waals surface area contributed by atoms with E-state index in [9.17, 15) is 14.9 Å². The molecular formula is C21H18N4O3. The molecule has 28 heavy (non-hydrogen) atoms. The van der Waals surface area contributed by atoms with Crippen LogP contribution in [-0.4, -0.2) is 23.8 Å². The molecule has 2 aromatic carbocycles. The van der Waals surface area contributed by atoms with Crippen molar-refractivity contribution in [2.45, 2.75) is 6.92 Å². The molecule has 0 spiro atoms. The van der Waals surface area contributed by atoms with Gasteiger partial charge in [0.05, 0.1) is 24.1 Å². The fourth-order valence-corrected chi connectivity index (χ4v) is 2.94. The Morgan fingerprint density at radius 2 is 1.64 bits per heavy atom. The van der Waals surface area contributed by atoms with Crippen LogP contribution in [0.5, 0.6) is 0 Å². The SMILES string of the molecule is COC(=O)c1c(C#N)c(-c2ccccc2)n(NC(=O)Nc2ccccc2)c1C. The summed E-state index contributed by atoms with van der Waals surface area (Å²) in [6, 6.07) is 19.6. The molecule has 0 aliphatic rings. The zero-order valence-electron chi connectivity index (χ0n) is 15.4. The molecule has 1 aromatic heterocycles. The number of para-hydroxylation sites is 1. The van der Waals surface area contributed by atoms with E-state index in [2.05, 4.69) is 16.8 Å². The molecule has 1 heterocycles. The Hall–Kier alpha value is -4.05. The Bertz CT molecular complexity index is 1050. The van der Waals surface area contributed by atoms with E-state index in [1.807, 2.05) is 24.3 Å². The van der Waals surface area contributed by atoms with Gasteiger partial charge in [0.2, 0.25) is 0 Å². The summed E-state index contributed by atoms with van der Waals surface area (Å²) in [4.78, 5) is 24.8. The molecule has 0 bridgehead atoms. The Morgan fingerprint density at radius 3 is 2.21 bits per heavy atom. The molecule has 0 aliphatic carbocycles. The molecule has 0 unspecified atom stereocenters. The molecule has 3 aromatic rings. The molecular weight excluding hydrogens is 356 g/mol. The molecule has 0 atom stereocenters. The van der Waals surface area contributed by atoms with Gasteiger partial charge in [-0.05, 0) is 19.1 Å². The summed E-state index contributed by atoms with van der Waals surface area (Å²) in [6.45, 7) is 1.64. The summed E-state index contributed by atoms with van der Waals surface area (Å²) in [5.41, 5.74) is 5.05. The number of benzene rings is 2. The van der Waals surface area contributed by atoms with Crippen molar-refractivity contribution in [2.24, 2.45) is 0 Å². The number of nitrogens with one attached hydrogen (secondary N) is 2. The van der Waals surface area contributed by atoms with Crippen LogP contribution in [0.15, 0.2) is 60.7 Å². The van der Waals surface area contributed by atoms with Gasteiger partial charge >= 0.3 is 12.0 Å². The summed E-state index contributed by atoms with van der Waals surface area (Å²) in [6.07, 6.45) is 0. The zero-order valence-corrected chi connectivity index (χ0v) is 15.4. The third-order valence-electron chi connectivity index (χ3n) is 4.20. The van der Waals surface area contributed by atoms with Crippen molar-refractivity contribution in [3.63, 3.8) is 0 Å². The molecule has 7 heteroatoms. The highest BCUT2D eigenvalue weighted by Crippen LogP contribution is 2.31. The van der Waals surface area contributed by atoms with Crippen molar-refractivity contribution in [3.8, 4) is 17.3 Å². The molecule has 2 N–H and O–H groups in total. The van der Waals surface area contributed by atoms with E-state index in [4.69, 9.17) is 4.74 Å². The Kier molecular flexibility index (Phi) is 5.42.